The Morgan fingerprint density at radius 3 is 1.57 bits per heavy atom. The minimum absolute atomic E-state index is 0.00199. The highest BCUT2D eigenvalue weighted by Gasteiger charge is 2.72. The fourth-order valence-electron chi connectivity index (χ4n) is 22.3. The lowest BCUT2D eigenvalue weighted by Gasteiger charge is -2.70. The third kappa shape index (κ3) is 23.2. The third-order valence-electron chi connectivity index (χ3n) is 28.7. The second kappa shape index (κ2) is 41.1. The Balaban J connectivity index is 0.000000130. The molecule has 9 aromatic carbocycles. The molecule has 0 saturated heterocycles. The fraction of sp³-hybridized carbons (Fsp3) is 0.374. The van der Waals surface area contributed by atoms with Gasteiger partial charge in [0.25, 0.3) is 39.6 Å². The quantitative estimate of drug-likeness (QED) is 0.0174. The van der Waals surface area contributed by atoms with Crippen molar-refractivity contribution in [1.82, 2.24) is 31.9 Å². The zero-order chi connectivity index (χ0) is 105. The molecule has 8 bridgehead atoms. The van der Waals surface area contributed by atoms with Gasteiger partial charge in [-0.05, 0) is 242 Å². The molecule has 12 fully saturated rings. The van der Waals surface area contributed by atoms with E-state index >= 15 is 0 Å². The third-order valence-corrected chi connectivity index (χ3v) is 31.8. The van der Waals surface area contributed by atoms with Gasteiger partial charge in [0.05, 0.1) is 56.8 Å². The van der Waals surface area contributed by atoms with Gasteiger partial charge in [0.1, 0.15) is 76.6 Å². The van der Waals surface area contributed by atoms with Gasteiger partial charge in [-0.2, -0.15) is 0 Å². The van der Waals surface area contributed by atoms with Gasteiger partial charge in [-0.3, -0.25) is 52.3 Å². The lowest BCUT2D eigenvalue weighted by molar-refractivity contribution is -0.175. The molecular formula is C107H99Cl5F6N8O21S. The Kier molecular flexibility index (Phi) is 29.1. The summed E-state index contributed by atoms with van der Waals surface area (Å²) >= 11 is 29.6. The number of hydrogen-bond acceptors (Lipinski definition) is 21. The Morgan fingerprint density at radius 1 is 0.493 bits per heavy atom. The summed E-state index contributed by atoms with van der Waals surface area (Å²) in [6.07, 6.45) is 4.62. The lowest BCUT2D eigenvalue weighted by atomic mass is 9.38. The molecule has 148 heavy (non-hydrogen) atoms. The van der Waals surface area contributed by atoms with E-state index in [0.717, 1.165) is 59.5 Å². The van der Waals surface area contributed by atoms with E-state index in [1.165, 1.54) is 65.6 Å². The van der Waals surface area contributed by atoms with Crippen molar-refractivity contribution in [2.75, 3.05) is 42.1 Å². The van der Waals surface area contributed by atoms with E-state index in [4.69, 9.17) is 95.6 Å². The molecule has 1 aromatic heterocycles. The fourth-order valence-corrected chi connectivity index (χ4v) is 24.5. The first-order valence-corrected chi connectivity index (χ1v) is 51.1. The van der Waals surface area contributed by atoms with Gasteiger partial charge in [-0.15, -0.1) is 0 Å². The maximum Gasteiger partial charge on any atom is 0.407 e. The molecule has 12 aliphatic carbocycles. The Morgan fingerprint density at radius 2 is 0.986 bits per heavy atom. The van der Waals surface area contributed by atoms with Crippen LogP contribution in [0.15, 0.2) is 202 Å². The van der Waals surface area contributed by atoms with Crippen molar-refractivity contribution in [3.05, 3.63) is 275 Å². The number of amides is 7. The van der Waals surface area contributed by atoms with Crippen LogP contribution in [0.2, 0.25) is 25.1 Å². The number of alkyl carbamates (subject to hydrolysis) is 1. The van der Waals surface area contributed by atoms with Crippen LogP contribution >= 0.6 is 58.0 Å². The first-order chi connectivity index (χ1) is 70.1. The van der Waals surface area contributed by atoms with Gasteiger partial charge in [-0.1, -0.05) is 112 Å². The SMILES string of the molecule is CC(F)(F)CCCC(=O)N1CC(C(=O)NC23CC(CC(=O)COc4ccc(Cl)c(F)c4)(C2)C3)Oc2ccc(Cl)cc21.Cc1ccc(OCC(=O)NC23CC(CC(=O)c4cc(=O)c5ccc(F)cc5o4)(C2)C3)cc1F.Cc1ccc(S(=O)(=O)N2CC(C(=O)NC34CC(NC(=O)COc5ccc(Cl)c(F)c5)(C3)C4)Oc3ccc(Cl)cc32)cc1.O=C(NC12CCC(NC(=O)C3CC(=O)c4cc(Cl)ccc4O3)(C1)C2)OCc1ccccc1. The van der Waals surface area contributed by atoms with Crippen LogP contribution in [0.1, 0.15) is 167 Å². The minimum atomic E-state index is -4.03. The average Bonchev–Trinajstić information content (AvgIpc) is 0.843. The summed E-state index contributed by atoms with van der Waals surface area (Å²) in [5, 5.41) is 19.3. The molecule has 10 aromatic rings. The molecule has 3 atom stereocenters. The highest BCUT2D eigenvalue weighted by molar-refractivity contribution is 7.92. The number of rotatable bonds is 31. The Labute approximate surface area is 869 Å². The molecule has 6 N–H and O–H groups in total. The molecular weight excluding hydrogens is 2060 g/mol. The molecule has 41 heteroatoms. The van der Waals surface area contributed by atoms with E-state index < -0.39 is 110 Å². The van der Waals surface area contributed by atoms with Crippen molar-refractivity contribution in [1.29, 1.82) is 0 Å². The molecule has 0 radical (unpaired) electrons. The van der Waals surface area contributed by atoms with Crippen LogP contribution in [0.3, 0.4) is 0 Å². The number of ketones is 3. The van der Waals surface area contributed by atoms with Crippen molar-refractivity contribution in [2.45, 2.75) is 212 Å². The predicted octanol–water partition coefficient (Wildman–Crippen LogP) is 18.4. The van der Waals surface area contributed by atoms with Crippen LogP contribution in [-0.2, 0) is 54.9 Å². The summed E-state index contributed by atoms with van der Waals surface area (Å²) in [5.41, 5.74) is 0.0719. The maximum absolute atomic E-state index is 13.6. The largest absolute Gasteiger partial charge is 0.486 e. The standard InChI is InChI=1S/C29H29Cl2F3N2O5.C29H26Cl2FN3O6S.C25H21F2NO5.C24H23ClN2O5/c1-27(33,34)8-2-3-25(38)36-12-24(41-23-7-4-17(30)9-22(23)36)26(39)35-29-14-28(15-29,16-29)11-18(37)13-40-19-5-6-20(31)21(32)10-19;1-17-2-6-20(7-3-17)42(38,39)35-12-25(41-24-9-4-18(30)10-23(24)35)27(37)34-29-14-28(15-29,16-29)33-26(36)13-40-19-5-8-21(31)22(32)11-19;1-14-2-4-16(7-18(14)27)32-10-23(31)28-25-11-24(12-25,13-25)9-20(30)22-8-19(29)17-5-3-15(26)6-21(17)33-22;25-16-6-7-19-17(10-16)18(28)11-20(32-19)21(29)26-23-8-9-24(13-23,14-23)27-22(30)31-12-15-4-2-1-3-5-15/h4-7,9-10,24H,2-3,8,11-16H2,1H3,(H,35,39);2-11,25H,12-16H2,1H3,(H,33,36)(H,34,37);2-8H,9-13H2,1H3,(H,28,31);1-7,10,20H,8-9,11-14H2,(H,26,29)(H,27,30). The van der Waals surface area contributed by atoms with Gasteiger partial charge in [0, 0.05) is 104 Å². The van der Waals surface area contributed by atoms with Crippen molar-refractivity contribution in [3.63, 3.8) is 0 Å². The van der Waals surface area contributed by atoms with Crippen molar-refractivity contribution >= 4 is 149 Å². The van der Waals surface area contributed by atoms with Crippen LogP contribution in [0.25, 0.3) is 11.0 Å². The highest BCUT2D eigenvalue weighted by Crippen LogP contribution is 2.70. The molecule has 776 valence electrons. The van der Waals surface area contributed by atoms with Gasteiger partial charge >= 0.3 is 6.09 Å². The van der Waals surface area contributed by atoms with Gasteiger partial charge < -0.3 is 74.4 Å². The molecule has 29 nitrogen and oxygen atoms in total. The van der Waals surface area contributed by atoms with Crippen molar-refractivity contribution in [3.8, 4) is 34.5 Å². The number of aryl methyl sites for hydroxylation is 2. The number of carbonyl (C=O) groups is 10. The first-order valence-electron chi connectivity index (χ1n) is 47.7. The molecule has 3 aliphatic heterocycles. The molecule has 12 saturated carbocycles. The maximum atomic E-state index is 13.6. The highest BCUT2D eigenvalue weighted by atomic mass is 35.5. The number of nitrogens with one attached hydrogen (secondary N) is 6. The number of hydrogen-bond donors (Lipinski definition) is 6. The van der Waals surface area contributed by atoms with Crippen molar-refractivity contribution in [2.24, 2.45) is 10.8 Å². The number of sulfonamides is 1. The summed E-state index contributed by atoms with van der Waals surface area (Å²) in [5.74, 6) is -6.42. The predicted molar refractivity (Wildman–Crippen MR) is 532 cm³/mol. The second-order valence-electron chi connectivity index (χ2n) is 40.8. The number of alkyl halides is 2. The van der Waals surface area contributed by atoms with E-state index in [9.17, 15) is 87.5 Å². The summed E-state index contributed by atoms with van der Waals surface area (Å²) in [6, 6.07) is 47.1. The van der Waals surface area contributed by atoms with E-state index in [1.807, 2.05) is 37.3 Å². The monoisotopic (exact) mass is 2150 g/mol. The number of ether oxygens (including phenoxy) is 7. The van der Waals surface area contributed by atoms with Crippen LogP contribution < -0.4 is 75.0 Å². The molecule has 7 amide bonds. The molecule has 0 spiro atoms. The second-order valence-corrected chi connectivity index (χ2v) is 44.8. The normalized spacial score (nSPS) is 24.6. The van der Waals surface area contributed by atoms with Gasteiger partial charge in [0.2, 0.25) is 11.8 Å². The van der Waals surface area contributed by atoms with E-state index in [0.29, 0.717) is 114 Å². The molecule has 25 rings (SSSR count). The smallest absolute Gasteiger partial charge is 0.407 e. The summed E-state index contributed by atoms with van der Waals surface area (Å²) in [7, 11) is -4.03. The van der Waals surface area contributed by atoms with Crippen molar-refractivity contribution < 1.29 is 120 Å². The van der Waals surface area contributed by atoms with Crippen LogP contribution in [0, 0.1) is 47.9 Å². The molecule has 3 unspecified atom stereocenters. The Hall–Kier alpha value is -13.1. The average molecular weight is 2160 g/mol. The first kappa shape index (κ1) is 105. The number of anilines is 2. The summed E-state index contributed by atoms with van der Waals surface area (Å²) in [4.78, 5) is 141. The summed E-state index contributed by atoms with van der Waals surface area (Å²) in [6.45, 7) is 3.48. The zero-order valence-corrected chi connectivity index (χ0v) is 84.4. The topological polar surface area (TPSA) is 378 Å². The lowest BCUT2D eigenvalue weighted by Crippen LogP contribution is -2.84. The van der Waals surface area contributed by atoms with E-state index in [2.05, 4.69) is 31.9 Å². The van der Waals surface area contributed by atoms with Crippen LogP contribution in [-0.4, -0.2) is 158 Å². The van der Waals surface area contributed by atoms with Crippen LogP contribution in [0.4, 0.5) is 42.5 Å². The number of carbonyl (C=O) groups excluding carboxylic acids is 10. The zero-order valence-electron chi connectivity index (χ0n) is 79.8. The Bertz CT molecular complexity index is 7140. The van der Waals surface area contributed by atoms with E-state index in [-0.39, 0.29) is 194 Å². The number of nitrogens with zero attached hydrogens (tertiary/aromatic N) is 2. The van der Waals surface area contributed by atoms with Gasteiger partial charge in [-0.25, -0.2) is 39.6 Å². The minimum Gasteiger partial charge on any atom is -0.486 e. The number of fused-ring (bicyclic) bond motifs is 5. The number of benzene rings is 9. The number of halogens is 11. The van der Waals surface area contributed by atoms with E-state index in [1.54, 1.807) is 79.7 Å². The van der Waals surface area contributed by atoms with Crippen LogP contribution in [0.5, 0.6) is 34.5 Å². The molecule has 15 aliphatic rings. The molecule has 4 heterocycles. The van der Waals surface area contributed by atoms with Gasteiger partial charge in [0.15, 0.2) is 60.1 Å². The number of Topliss-reactive ketones (excluding diaryl/α,β-unsaturated/α-hetero) is 3. The summed E-state index contributed by atoms with van der Waals surface area (Å²) < 4.78 is 154.